The highest BCUT2D eigenvalue weighted by Gasteiger charge is 2.28. The van der Waals surface area contributed by atoms with Crippen molar-refractivity contribution in [3.63, 3.8) is 0 Å². The average molecular weight is 471 g/mol. The molecule has 0 rings (SSSR count). The Labute approximate surface area is 209 Å². The van der Waals surface area contributed by atoms with Crippen molar-refractivity contribution in [3.8, 4) is 0 Å². The molecule has 0 spiro atoms. The molecule has 0 heterocycles. The Balaban J connectivity index is 4.16. The summed E-state index contributed by atoms with van der Waals surface area (Å²) in [5, 5.41) is 10.3. The second-order valence-corrected chi connectivity index (χ2v) is 11.5. The van der Waals surface area contributed by atoms with Gasteiger partial charge in [0.05, 0.1) is 19.6 Å². The van der Waals surface area contributed by atoms with Crippen LogP contribution in [0.3, 0.4) is 0 Å². The maximum atomic E-state index is 10.3. The highest BCUT2D eigenvalue weighted by molar-refractivity contribution is 4.57. The fourth-order valence-electron chi connectivity index (χ4n) is 5.26. The Morgan fingerprint density at radius 1 is 0.545 bits per heavy atom. The van der Waals surface area contributed by atoms with Gasteiger partial charge in [0.1, 0.15) is 12.6 Å². The van der Waals surface area contributed by atoms with Crippen LogP contribution in [0.15, 0.2) is 0 Å². The van der Waals surface area contributed by atoms with E-state index < -0.39 is 0 Å². The quantitative estimate of drug-likeness (QED) is 0.121. The molecule has 0 amide bonds. The van der Waals surface area contributed by atoms with Gasteiger partial charge in [-0.05, 0) is 48.0 Å². The smallest absolute Gasteiger partial charge is 0.105 e. The van der Waals surface area contributed by atoms with Crippen molar-refractivity contribution in [2.24, 2.45) is 0 Å². The summed E-state index contributed by atoms with van der Waals surface area (Å²) in [6, 6.07) is 0. The van der Waals surface area contributed by atoms with Crippen molar-refractivity contribution >= 4 is 0 Å². The number of aliphatic hydroxyl groups excluding tert-OH is 1. The Morgan fingerprint density at radius 2 is 0.879 bits per heavy atom. The van der Waals surface area contributed by atoms with Crippen LogP contribution in [0.5, 0.6) is 0 Å². The van der Waals surface area contributed by atoms with Crippen LogP contribution in [0.2, 0.25) is 0 Å². The molecule has 0 aromatic rings. The number of hydrogen-bond donors (Lipinski definition) is 1. The van der Waals surface area contributed by atoms with E-state index in [9.17, 15) is 5.11 Å². The monoisotopic (exact) mass is 471 g/mol. The molecular formula is C29H64N3O+. The first-order valence-electron chi connectivity index (χ1n) is 14.6. The first-order valence-corrected chi connectivity index (χ1v) is 14.6. The van der Waals surface area contributed by atoms with Crippen LogP contribution < -0.4 is 0 Å². The molecule has 0 aliphatic carbocycles. The minimum Gasteiger partial charge on any atom is -0.388 e. The normalized spacial score (nSPS) is 13.4. The van der Waals surface area contributed by atoms with E-state index in [0.717, 1.165) is 24.1 Å². The summed E-state index contributed by atoms with van der Waals surface area (Å²) >= 11 is 0. The van der Waals surface area contributed by atoms with E-state index in [1.54, 1.807) is 0 Å². The molecule has 200 valence electrons. The molecule has 0 aliphatic heterocycles. The third-order valence-corrected chi connectivity index (χ3v) is 7.11. The van der Waals surface area contributed by atoms with Crippen LogP contribution in [0, 0.1) is 0 Å². The van der Waals surface area contributed by atoms with Gasteiger partial charge in [-0.2, -0.15) is 0 Å². The Kier molecular flexibility index (Phi) is 22.2. The van der Waals surface area contributed by atoms with Crippen LogP contribution in [0.25, 0.3) is 0 Å². The maximum absolute atomic E-state index is 10.3. The van der Waals surface area contributed by atoms with Gasteiger partial charge in [0, 0.05) is 25.9 Å². The molecule has 0 saturated carbocycles. The van der Waals surface area contributed by atoms with E-state index >= 15 is 0 Å². The van der Waals surface area contributed by atoms with Crippen molar-refractivity contribution in [1.82, 2.24) is 9.80 Å². The number of nitrogens with zero attached hydrogens (tertiary/aromatic N) is 3. The average Bonchev–Trinajstić information content (AvgIpc) is 2.73. The number of unbranched alkanes of at least 4 members (excludes halogenated alkanes) is 13. The zero-order valence-corrected chi connectivity index (χ0v) is 23.9. The molecule has 1 atom stereocenters. The number of rotatable bonds is 25. The molecular weight excluding hydrogens is 406 g/mol. The number of aliphatic hydroxyl groups is 1. The lowest BCUT2D eigenvalue weighted by molar-refractivity contribution is -0.931. The van der Waals surface area contributed by atoms with Gasteiger partial charge >= 0.3 is 0 Å². The molecule has 0 aromatic heterocycles. The molecule has 0 aliphatic rings. The van der Waals surface area contributed by atoms with Gasteiger partial charge in [0.15, 0.2) is 0 Å². The van der Waals surface area contributed by atoms with Gasteiger partial charge in [-0.3, -0.25) is 0 Å². The Bertz CT molecular complexity index is 384. The van der Waals surface area contributed by atoms with Crippen molar-refractivity contribution in [3.05, 3.63) is 0 Å². The molecule has 0 fully saturated rings. The molecule has 1 unspecified atom stereocenters. The summed E-state index contributed by atoms with van der Waals surface area (Å²) in [5.41, 5.74) is 0. The Hall–Kier alpha value is -0.160. The third-order valence-electron chi connectivity index (χ3n) is 7.11. The lowest BCUT2D eigenvalue weighted by Crippen LogP contribution is -2.54. The van der Waals surface area contributed by atoms with Crippen LogP contribution in [0.4, 0.5) is 0 Å². The van der Waals surface area contributed by atoms with E-state index in [2.05, 4.69) is 44.9 Å². The van der Waals surface area contributed by atoms with Crippen molar-refractivity contribution in [2.45, 2.75) is 123 Å². The second-order valence-electron chi connectivity index (χ2n) is 11.5. The van der Waals surface area contributed by atoms with Crippen LogP contribution in [0.1, 0.15) is 117 Å². The van der Waals surface area contributed by atoms with Gasteiger partial charge in [-0.25, -0.2) is 0 Å². The molecule has 0 radical (unpaired) electrons. The number of hydrogen-bond acceptors (Lipinski definition) is 3. The van der Waals surface area contributed by atoms with Crippen LogP contribution >= 0.6 is 0 Å². The minimum atomic E-state index is -0.213. The predicted molar refractivity (Wildman–Crippen MR) is 148 cm³/mol. The zero-order valence-electron chi connectivity index (χ0n) is 23.9. The van der Waals surface area contributed by atoms with E-state index in [-0.39, 0.29) is 6.10 Å². The summed E-state index contributed by atoms with van der Waals surface area (Å²) in [6.07, 6.45) is 22.0. The number of quaternary nitrogens is 1. The van der Waals surface area contributed by atoms with Gasteiger partial charge in [0.25, 0.3) is 0 Å². The van der Waals surface area contributed by atoms with Gasteiger partial charge in [-0.1, -0.05) is 84.0 Å². The largest absolute Gasteiger partial charge is 0.388 e. The molecule has 4 nitrogen and oxygen atoms in total. The van der Waals surface area contributed by atoms with Crippen molar-refractivity contribution in [2.75, 3.05) is 67.5 Å². The minimum absolute atomic E-state index is 0.213. The lowest BCUT2D eigenvalue weighted by Gasteiger charge is -2.40. The standard InChI is InChI=1S/C29H64N3O/c1-7-8-9-10-11-12-13-14-15-16-17-18-19-20-25-32(28-29(2)33,26-21-23-30(3)4)27-22-24-31(5)6/h29,33H,7-28H2,1-6H3/q+1. The van der Waals surface area contributed by atoms with E-state index in [1.807, 2.05) is 6.92 Å². The lowest BCUT2D eigenvalue weighted by atomic mass is 10.0. The summed E-state index contributed by atoms with van der Waals surface area (Å²) in [5.74, 6) is 0. The van der Waals surface area contributed by atoms with E-state index in [1.165, 1.54) is 122 Å². The third kappa shape index (κ3) is 22.1. The summed E-state index contributed by atoms with van der Waals surface area (Å²) < 4.78 is 1.11. The second kappa shape index (κ2) is 22.3. The van der Waals surface area contributed by atoms with Crippen LogP contribution in [-0.2, 0) is 0 Å². The summed E-state index contributed by atoms with van der Waals surface area (Å²) in [6.45, 7) is 11.1. The highest BCUT2D eigenvalue weighted by atomic mass is 16.3. The molecule has 0 bridgehead atoms. The molecule has 0 aromatic carbocycles. The van der Waals surface area contributed by atoms with Crippen molar-refractivity contribution in [1.29, 1.82) is 0 Å². The van der Waals surface area contributed by atoms with Crippen LogP contribution in [-0.4, -0.2) is 93.0 Å². The van der Waals surface area contributed by atoms with Gasteiger partial charge in [-0.15, -0.1) is 0 Å². The Morgan fingerprint density at radius 3 is 1.21 bits per heavy atom. The first-order chi connectivity index (χ1) is 15.8. The van der Waals surface area contributed by atoms with Gasteiger partial charge in [0.2, 0.25) is 0 Å². The summed E-state index contributed by atoms with van der Waals surface area (Å²) in [4.78, 5) is 4.59. The topological polar surface area (TPSA) is 26.7 Å². The molecule has 0 saturated heterocycles. The maximum Gasteiger partial charge on any atom is 0.105 e. The molecule has 33 heavy (non-hydrogen) atoms. The van der Waals surface area contributed by atoms with E-state index in [0.29, 0.717) is 0 Å². The predicted octanol–water partition coefficient (Wildman–Crippen LogP) is 6.57. The van der Waals surface area contributed by atoms with Gasteiger partial charge < -0.3 is 19.4 Å². The van der Waals surface area contributed by atoms with E-state index in [4.69, 9.17) is 0 Å². The fraction of sp³-hybridized carbons (Fsp3) is 1.00. The zero-order chi connectivity index (χ0) is 24.8. The summed E-state index contributed by atoms with van der Waals surface area (Å²) in [7, 11) is 8.68. The molecule has 1 N–H and O–H groups in total. The van der Waals surface area contributed by atoms with Crippen molar-refractivity contribution < 1.29 is 9.59 Å². The SMILES string of the molecule is CCCCCCCCCCCCCCCC[N+](CCCN(C)C)(CCCN(C)C)CC(C)O. The highest BCUT2D eigenvalue weighted by Crippen LogP contribution is 2.17. The fourth-order valence-corrected chi connectivity index (χ4v) is 5.26. The molecule has 4 heteroatoms. The first kappa shape index (κ1) is 32.8.